The maximum atomic E-state index is 13.2. The Kier molecular flexibility index (Phi) is 5.42. The lowest BCUT2D eigenvalue weighted by Gasteiger charge is -2.34. The molecular weight excluding hydrogens is 273 g/mol. The van der Waals surface area contributed by atoms with Crippen molar-refractivity contribution in [1.82, 2.24) is 0 Å². The lowest BCUT2D eigenvalue weighted by molar-refractivity contribution is -0.367. The zero-order valence-corrected chi connectivity index (χ0v) is 9.32. The number of hydrogen-bond donors (Lipinski definition) is 2. The normalized spacial score (nSPS) is 17.7. The Morgan fingerprint density at radius 2 is 1.44 bits per heavy atom. The van der Waals surface area contributed by atoms with Gasteiger partial charge in [0.25, 0.3) is 0 Å². The molecule has 0 bridgehead atoms. The molecule has 0 aromatic rings. The van der Waals surface area contributed by atoms with E-state index in [1.54, 1.807) is 0 Å². The Morgan fingerprint density at radius 1 is 1.00 bits per heavy atom. The highest BCUT2D eigenvalue weighted by molar-refractivity contribution is 4.95. The van der Waals surface area contributed by atoms with E-state index in [1.807, 2.05) is 0 Å². The van der Waals surface area contributed by atoms with Crippen LogP contribution in [0.1, 0.15) is 19.8 Å². The fraction of sp³-hybridized carbons (Fsp3) is 1.00. The topological polar surface area (TPSA) is 40.5 Å². The Balaban J connectivity index is 5.19. The predicted octanol–water partition coefficient (Wildman–Crippen LogP) is 2.59. The SMILES string of the molecule is CCC(CC(O)CO)C(F)(F)C(F)(F)C(F)(F)F. The first kappa shape index (κ1) is 17.4. The van der Waals surface area contributed by atoms with Gasteiger partial charge in [-0.3, -0.25) is 0 Å². The van der Waals surface area contributed by atoms with Crippen molar-refractivity contribution in [3.63, 3.8) is 0 Å². The van der Waals surface area contributed by atoms with Crippen molar-refractivity contribution >= 4 is 0 Å². The molecule has 0 spiro atoms. The Bertz CT molecular complexity index is 264. The van der Waals surface area contributed by atoms with Gasteiger partial charge in [0.1, 0.15) is 0 Å². The molecule has 0 rings (SSSR count). The van der Waals surface area contributed by atoms with Gasteiger partial charge in [0.2, 0.25) is 0 Å². The van der Waals surface area contributed by atoms with Gasteiger partial charge in [0.05, 0.1) is 12.7 Å². The van der Waals surface area contributed by atoms with Crippen molar-refractivity contribution in [3.8, 4) is 0 Å². The van der Waals surface area contributed by atoms with Gasteiger partial charge in [-0.15, -0.1) is 0 Å². The van der Waals surface area contributed by atoms with Crippen molar-refractivity contribution in [1.29, 1.82) is 0 Å². The average Bonchev–Trinajstić information content (AvgIpc) is 2.23. The number of aliphatic hydroxyl groups is 2. The Morgan fingerprint density at radius 3 is 1.72 bits per heavy atom. The molecule has 18 heavy (non-hydrogen) atoms. The van der Waals surface area contributed by atoms with E-state index >= 15 is 0 Å². The van der Waals surface area contributed by atoms with Gasteiger partial charge in [-0.25, -0.2) is 0 Å². The second-order valence-corrected chi connectivity index (χ2v) is 3.87. The van der Waals surface area contributed by atoms with E-state index in [4.69, 9.17) is 10.2 Å². The molecule has 0 saturated carbocycles. The summed E-state index contributed by atoms with van der Waals surface area (Å²) in [5, 5.41) is 17.3. The molecule has 9 heteroatoms. The van der Waals surface area contributed by atoms with Crippen molar-refractivity contribution in [2.45, 2.75) is 43.9 Å². The Labute approximate surface area is 98.4 Å². The minimum atomic E-state index is -6.38. The second-order valence-electron chi connectivity index (χ2n) is 3.87. The minimum absolute atomic E-state index is 0.699. The molecule has 2 N–H and O–H groups in total. The van der Waals surface area contributed by atoms with Crippen LogP contribution in [0, 0.1) is 5.92 Å². The molecule has 0 fully saturated rings. The molecule has 0 aromatic heterocycles. The van der Waals surface area contributed by atoms with E-state index in [0.717, 1.165) is 6.92 Å². The summed E-state index contributed by atoms with van der Waals surface area (Å²) >= 11 is 0. The zero-order chi connectivity index (χ0) is 14.8. The third-order valence-corrected chi connectivity index (χ3v) is 2.55. The van der Waals surface area contributed by atoms with Crippen LogP contribution in [0.15, 0.2) is 0 Å². The minimum Gasteiger partial charge on any atom is -0.394 e. The number of rotatable bonds is 6. The van der Waals surface area contributed by atoms with Crippen molar-refractivity contribution in [2.75, 3.05) is 6.61 Å². The van der Waals surface area contributed by atoms with Crippen LogP contribution in [0.2, 0.25) is 0 Å². The molecule has 0 saturated heterocycles. The third kappa shape index (κ3) is 3.25. The van der Waals surface area contributed by atoms with Crippen LogP contribution in [0.25, 0.3) is 0 Å². The summed E-state index contributed by atoms with van der Waals surface area (Å²) in [7, 11) is 0. The Hall–Kier alpha value is -0.570. The van der Waals surface area contributed by atoms with Gasteiger partial charge in [-0.2, -0.15) is 30.7 Å². The summed E-state index contributed by atoms with van der Waals surface area (Å²) in [5.74, 6) is -13.9. The summed E-state index contributed by atoms with van der Waals surface area (Å²) in [6, 6.07) is 0. The molecule has 2 nitrogen and oxygen atoms in total. The fourth-order valence-electron chi connectivity index (χ4n) is 1.42. The number of alkyl halides is 7. The summed E-state index contributed by atoms with van der Waals surface area (Å²) in [6.07, 6.45) is -9.90. The standard InChI is InChI=1S/C9H13F7O2/c1-2-5(3-6(18)4-17)7(10,11)8(12,13)9(14,15)16/h5-6,17-18H,2-4H2,1H3. The molecule has 0 radical (unpaired) electrons. The van der Waals surface area contributed by atoms with Crippen LogP contribution in [0.4, 0.5) is 30.7 Å². The highest BCUT2D eigenvalue weighted by atomic mass is 19.4. The van der Waals surface area contributed by atoms with Crippen molar-refractivity contribution < 1.29 is 40.9 Å². The van der Waals surface area contributed by atoms with Crippen LogP contribution < -0.4 is 0 Å². The summed E-state index contributed by atoms with van der Waals surface area (Å²) in [4.78, 5) is 0. The molecule has 0 aromatic carbocycles. The first-order chi connectivity index (χ1) is 7.91. The van der Waals surface area contributed by atoms with E-state index < -0.39 is 49.5 Å². The van der Waals surface area contributed by atoms with Gasteiger partial charge in [0, 0.05) is 5.92 Å². The summed E-state index contributed by atoms with van der Waals surface area (Å²) in [6.45, 7) is -0.000700. The maximum Gasteiger partial charge on any atom is 0.459 e. The molecule has 110 valence electrons. The zero-order valence-electron chi connectivity index (χ0n) is 9.32. The van der Waals surface area contributed by atoms with E-state index in [9.17, 15) is 30.7 Å². The lowest BCUT2D eigenvalue weighted by atomic mass is 9.88. The van der Waals surface area contributed by atoms with E-state index in [0.29, 0.717) is 0 Å². The lowest BCUT2D eigenvalue weighted by Crippen LogP contribution is -2.56. The van der Waals surface area contributed by atoms with Crippen LogP contribution >= 0.6 is 0 Å². The van der Waals surface area contributed by atoms with Gasteiger partial charge in [-0.1, -0.05) is 6.92 Å². The first-order valence-electron chi connectivity index (χ1n) is 5.03. The van der Waals surface area contributed by atoms with Crippen LogP contribution in [0.5, 0.6) is 0 Å². The smallest absolute Gasteiger partial charge is 0.394 e. The molecule has 0 heterocycles. The molecule has 0 aliphatic heterocycles. The number of aliphatic hydroxyl groups excluding tert-OH is 2. The van der Waals surface area contributed by atoms with Gasteiger partial charge < -0.3 is 10.2 Å². The quantitative estimate of drug-likeness (QED) is 0.737. The van der Waals surface area contributed by atoms with Gasteiger partial charge in [0.15, 0.2) is 0 Å². The summed E-state index contributed by atoms with van der Waals surface area (Å²) in [5.41, 5.74) is 0. The molecule has 0 aliphatic carbocycles. The second kappa shape index (κ2) is 5.60. The van der Waals surface area contributed by atoms with Crippen LogP contribution in [0.3, 0.4) is 0 Å². The molecule has 0 amide bonds. The number of hydrogen-bond acceptors (Lipinski definition) is 2. The highest BCUT2D eigenvalue weighted by Crippen LogP contribution is 2.51. The van der Waals surface area contributed by atoms with Crippen molar-refractivity contribution in [2.24, 2.45) is 5.92 Å². The number of halogens is 7. The average molecular weight is 286 g/mol. The van der Waals surface area contributed by atoms with Gasteiger partial charge >= 0.3 is 18.0 Å². The van der Waals surface area contributed by atoms with E-state index in [2.05, 4.69) is 0 Å². The van der Waals surface area contributed by atoms with Crippen molar-refractivity contribution in [3.05, 3.63) is 0 Å². The largest absolute Gasteiger partial charge is 0.459 e. The predicted molar refractivity (Wildman–Crippen MR) is 47.4 cm³/mol. The van der Waals surface area contributed by atoms with E-state index in [-0.39, 0.29) is 0 Å². The van der Waals surface area contributed by atoms with Gasteiger partial charge in [-0.05, 0) is 12.8 Å². The molecular formula is C9H13F7O2. The maximum absolute atomic E-state index is 13.2. The molecule has 2 unspecified atom stereocenters. The van der Waals surface area contributed by atoms with E-state index in [1.165, 1.54) is 0 Å². The fourth-order valence-corrected chi connectivity index (χ4v) is 1.42. The summed E-state index contributed by atoms with van der Waals surface area (Å²) < 4.78 is 87.5. The monoisotopic (exact) mass is 286 g/mol. The van der Waals surface area contributed by atoms with Crippen LogP contribution in [-0.2, 0) is 0 Å². The highest BCUT2D eigenvalue weighted by Gasteiger charge is 2.74. The molecule has 2 atom stereocenters. The molecule has 0 aliphatic rings. The van der Waals surface area contributed by atoms with Crippen LogP contribution in [-0.4, -0.2) is 40.9 Å². The third-order valence-electron chi connectivity index (χ3n) is 2.55. The first-order valence-corrected chi connectivity index (χ1v) is 5.03.